The number of amides is 1. The topological polar surface area (TPSA) is 38.3 Å². The minimum Gasteiger partial charge on any atom is -0.481 e. The van der Waals surface area contributed by atoms with Crippen LogP contribution in [0.25, 0.3) is 0 Å². The van der Waals surface area contributed by atoms with Gasteiger partial charge in [0.25, 0.3) is 5.91 Å². The number of carbonyl (C=O) groups is 1. The molecule has 0 saturated heterocycles. The van der Waals surface area contributed by atoms with Crippen LogP contribution in [0.15, 0.2) is 48.5 Å². The molecule has 0 bridgehead atoms. The zero-order valence-corrected chi connectivity index (χ0v) is 12.7. The fraction of sp³-hybridized carbons (Fsp3) is 0.235. The molecule has 1 atom stereocenters. The summed E-state index contributed by atoms with van der Waals surface area (Å²) >= 11 is 0. The molecule has 7 heteroatoms. The zero-order chi connectivity index (χ0) is 17.7. The van der Waals surface area contributed by atoms with Gasteiger partial charge in [0.1, 0.15) is 11.6 Å². The third-order valence-corrected chi connectivity index (χ3v) is 3.26. The number of benzene rings is 2. The van der Waals surface area contributed by atoms with E-state index in [1.807, 2.05) is 0 Å². The highest BCUT2D eigenvalue weighted by Crippen LogP contribution is 2.32. The first kappa shape index (κ1) is 17.8. The van der Waals surface area contributed by atoms with Crippen LogP contribution in [-0.2, 0) is 17.5 Å². The Kier molecular flexibility index (Phi) is 5.43. The van der Waals surface area contributed by atoms with Crippen molar-refractivity contribution in [2.24, 2.45) is 0 Å². The van der Waals surface area contributed by atoms with E-state index in [4.69, 9.17) is 4.74 Å². The zero-order valence-electron chi connectivity index (χ0n) is 12.7. The molecule has 0 spiro atoms. The lowest BCUT2D eigenvalue weighted by Gasteiger charge is -2.17. The van der Waals surface area contributed by atoms with Gasteiger partial charge in [-0.15, -0.1) is 0 Å². The van der Waals surface area contributed by atoms with Crippen LogP contribution in [0.5, 0.6) is 5.75 Å². The molecule has 3 nitrogen and oxygen atoms in total. The lowest BCUT2D eigenvalue weighted by molar-refractivity contribution is -0.138. The van der Waals surface area contributed by atoms with Crippen LogP contribution < -0.4 is 10.1 Å². The van der Waals surface area contributed by atoms with E-state index in [2.05, 4.69) is 5.32 Å². The van der Waals surface area contributed by atoms with E-state index in [0.29, 0.717) is 11.8 Å². The predicted molar refractivity (Wildman–Crippen MR) is 79.8 cm³/mol. The molecule has 24 heavy (non-hydrogen) atoms. The van der Waals surface area contributed by atoms with Gasteiger partial charge in [-0.3, -0.25) is 4.79 Å². The van der Waals surface area contributed by atoms with Crippen LogP contribution in [0.1, 0.15) is 18.1 Å². The molecule has 0 aliphatic rings. The van der Waals surface area contributed by atoms with Crippen molar-refractivity contribution in [3.05, 3.63) is 65.5 Å². The summed E-state index contributed by atoms with van der Waals surface area (Å²) in [6.07, 6.45) is -5.59. The van der Waals surface area contributed by atoms with Gasteiger partial charge in [-0.25, -0.2) is 4.39 Å². The summed E-state index contributed by atoms with van der Waals surface area (Å²) < 4.78 is 57.1. The molecule has 0 saturated carbocycles. The van der Waals surface area contributed by atoms with Gasteiger partial charge in [0.2, 0.25) is 0 Å². The Balaban J connectivity index is 2.01. The van der Waals surface area contributed by atoms with Gasteiger partial charge >= 0.3 is 6.18 Å². The van der Waals surface area contributed by atoms with Gasteiger partial charge in [-0.05, 0) is 36.8 Å². The molecule has 0 fully saturated rings. The van der Waals surface area contributed by atoms with Gasteiger partial charge < -0.3 is 10.1 Å². The van der Waals surface area contributed by atoms with E-state index < -0.39 is 29.6 Å². The van der Waals surface area contributed by atoms with Crippen molar-refractivity contribution in [2.75, 3.05) is 0 Å². The van der Waals surface area contributed by atoms with Crippen LogP contribution in [-0.4, -0.2) is 12.0 Å². The fourth-order valence-corrected chi connectivity index (χ4v) is 2.05. The average Bonchev–Trinajstić information content (AvgIpc) is 2.53. The van der Waals surface area contributed by atoms with Gasteiger partial charge in [0.15, 0.2) is 6.10 Å². The highest BCUT2D eigenvalue weighted by atomic mass is 19.4. The van der Waals surface area contributed by atoms with E-state index in [1.165, 1.54) is 6.92 Å². The Morgan fingerprint density at radius 3 is 2.46 bits per heavy atom. The third kappa shape index (κ3) is 4.71. The van der Waals surface area contributed by atoms with Crippen molar-refractivity contribution in [3.8, 4) is 5.75 Å². The van der Waals surface area contributed by atoms with Crippen molar-refractivity contribution < 1.29 is 27.1 Å². The first-order valence-corrected chi connectivity index (χ1v) is 7.12. The van der Waals surface area contributed by atoms with E-state index in [0.717, 1.165) is 12.1 Å². The number of hydrogen-bond acceptors (Lipinski definition) is 2. The number of rotatable bonds is 5. The SMILES string of the molecule is C[C@H](Oc1ccccc1)C(=O)NCc1ccc(F)cc1C(F)(F)F. The maximum atomic E-state index is 13.0. The molecule has 1 N–H and O–H groups in total. The van der Waals surface area contributed by atoms with Gasteiger partial charge in [-0.1, -0.05) is 24.3 Å². The second kappa shape index (κ2) is 7.33. The van der Waals surface area contributed by atoms with Crippen LogP contribution >= 0.6 is 0 Å². The molecular formula is C17H15F4NO2. The largest absolute Gasteiger partial charge is 0.481 e. The minimum absolute atomic E-state index is 0.218. The van der Waals surface area contributed by atoms with Crippen molar-refractivity contribution >= 4 is 5.91 Å². The molecule has 128 valence electrons. The smallest absolute Gasteiger partial charge is 0.416 e. The summed E-state index contributed by atoms with van der Waals surface area (Å²) in [6, 6.07) is 10.9. The van der Waals surface area contributed by atoms with E-state index in [-0.39, 0.29) is 12.1 Å². The first-order valence-electron chi connectivity index (χ1n) is 7.12. The lowest BCUT2D eigenvalue weighted by Crippen LogP contribution is -2.36. The fourth-order valence-electron chi connectivity index (χ4n) is 2.05. The number of alkyl halides is 3. The lowest BCUT2D eigenvalue weighted by atomic mass is 10.1. The van der Waals surface area contributed by atoms with Crippen LogP contribution in [0.4, 0.5) is 17.6 Å². The number of ether oxygens (including phenoxy) is 1. The molecule has 2 aromatic rings. The maximum absolute atomic E-state index is 13.0. The van der Waals surface area contributed by atoms with Crippen molar-refractivity contribution in [1.82, 2.24) is 5.32 Å². The molecule has 0 unspecified atom stereocenters. The Morgan fingerprint density at radius 2 is 1.83 bits per heavy atom. The van der Waals surface area contributed by atoms with E-state index >= 15 is 0 Å². The third-order valence-electron chi connectivity index (χ3n) is 3.26. The number of nitrogens with one attached hydrogen (secondary N) is 1. The quantitative estimate of drug-likeness (QED) is 0.837. The summed E-state index contributed by atoms with van der Waals surface area (Å²) in [7, 11) is 0. The highest BCUT2D eigenvalue weighted by Gasteiger charge is 2.33. The standard InChI is InChI=1S/C17H15F4NO2/c1-11(24-14-5-3-2-4-6-14)16(23)22-10-12-7-8-13(18)9-15(12)17(19,20)21/h2-9,11H,10H2,1H3,(H,22,23)/t11-/m0/s1. The minimum atomic E-state index is -4.70. The Bertz CT molecular complexity index is 701. The Morgan fingerprint density at radius 1 is 1.17 bits per heavy atom. The second-order valence-electron chi connectivity index (χ2n) is 5.09. The van der Waals surface area contributed by atoms with Gasteiger partial charge in [-0.2, -0.15) is 13.2 Å². The number of carbonyl (C=O) groups excluding carboxylic acids is 1. The number of para-hydroxylation sites is 1. The van der Waals surface area contributed by atoms with Gasteiger partial charge in [0, 0.05) is 6.54 Å². The molecule has 0 aliphatic heterocycles. The second-order valence-corrected chi connectivity index (χ2v) is 5.09. The van der Waals surface area contributed by atoms with Crippen LogP contribution in [0.3, 0.4) is 0 Å². The average molecular weight is 341 g/mol. The van der Waals surface area contributed by atoms with E-state index in [1.54, 1.807) is 30.3 Å². The van der Waals surface area contributed by atoms with Crippen molar-refractivity contribution in [1.29, 1.82) is 0 Å². The Labute approximate surface area is 136 Å². The molecule has 0 aliphatic carbocycles. The van der Waals surface area contributed by atoms with Crippen LogP contribution in [0.2, 0.25) is 0 Å². The van der Waals surface area contributed by atoms with Crippen molar-refractivity contribution in [3.63, 3.8) is 0 Å². The maximum Gasteiger partial charge on any atom is 0.416 e. The highest BCUT2D eigenvalue weighted by molar-refractivity contribution is 5.80. The molecule has 0 aromatic heterocycles. The first-order chi connectivity index (χ1) is 11.3. The van der Waals surface area contributed by atoms with Gasteiger partial charge in [0.05, 0.1) is 5.56 Å². The molecule has 1 amide bonds. The molecule has 2 aromatic carbocycles. The molecular weight excluding hydrogens is 326 g/mol. The Hall–Kier alpha value is -2.57. The number of hydrogen-bond donors (Lipinski definition) is 1. The predicted octanol–water partition coefficient (Wildman–Crippen LogP) is 3.93. The molecule has 2 rings (SSSR count). The van der Waals surface area contributed by atoms with E-state index in [9.17, 15) is 22.4 Å². The monoisotopic (exact) mass is 341 g/mol. The normalized spacial score (nSPS) is 12.5. The molecule has 0 heterocycles. The number of halogens is 4. The summed E-state index contributed by atoms with van der Waals surface area (Å²) in [5, 5.41) is 2.36. The molecule has 0 radical (unpaired) electrons. The summed E-state index contributed by atoms with van der Waals surface area (Å²) in [4.78, 5) is 12.0. The summed E-state index contributed by atoms with van der Waals surface area (Å²) in [5.41, 5.74) is -1.33. The van der Waals surface area contributed by atoms with Crippen LogP contribution in [0, 0.1) is 5.82 Å². The summed E-state index contributed by atoms with van der Waals surface area (Å²) in [5.74, 6) is -1.09. The summed E-state index contributed by atoms with van der Waals surface area (Å²) in [6.45, 7) is 1.11. The van der Waals surface area contributed by atoms with Crippen molar-refractivity contribution in [2.45, 2.75) is 25.7 Å².